The molecule has 0 N–H and O–H groups in total. The molecule has 3 aromatic rings. The average molecular weight is 354 g/mol. The molecule has 0 amide bonds. The van der Waals surface area contributed by atoms with Gasteiger partial charge in [-0.2, -0.15) is 0 Å². The number of hydrogen-bond donors (Lipinski definition) is 0. The molecule has 2 heterocycles. The minimum Gasteiger partial charge on any atom is -0.231 e. The van der Waals surface area contributed by atoms with Crippen molar-refractivity contribution in [3.05, 3.63) is 71.2 Å². The number of aromatic nitrogens is 2. The van der Waals surface area contributed by atoms with Gasteiger partial charge in [0.15, 0.2) is 5.16 Å². The van der Waals surface area contributed by atoms with Crippen LogP contribution in [0.25, 0.3) is 11.3 Å². The number of hydrogen-bond acceptors (Lipinski definition) is 4. The van der Waals surface area contributed by atoms with Crippen LogP contribution in [0.5, 0.6) is 0 Å². The zero-order valence-corrected chi connectivity index (χ0v) is 14.8. The number of rotatable bonds is 3. The predicted octanol–water partition coefficient (Wildman–Crippen LogP) is 5.49. The molecule has 2 aromatic carbocycles. The maximum Gasteiger partial charge on any atom is 0.188 e. The molecule has 0 saturated carbocycles. The first-order valence-corrected chi connectivity index (χ1v) is 9.63. The number of fused-ring (bicyclic) bond motifs is 3. The quantitative estimate of drug-likeness (QED) is 0.459. The first kappa shape index (κ1) is 15.7. The standard InChI is InChI=1S/C19H15FN2S2/c1-12-2-7-17-16(8-12)18-14(11-23-17)9-21-19(22-18)24-10-13-3-5-15(20)6-4-13/h2-9H,10-11H2,1H3. The molecular weight excluding hydrogens is 339 g/mol. The molecule has 5 heteroatoms. The van der Waals surface area contributed by atoms with Gasteiger partial charge < -0.3 is 0 Å². The zero-order chi connectivity index (χ0) is 16.5. The molecule has 0 spiro atoms. The largest absolute Gasteiger partial charge is 0.231 e. The smallest absolute Gasteiger partial charge is 0.188 e. The summed E-state index contributed by atoms with van der Waals surface area (Å²) in [5.41, 5.74) is 5.73. The van der Waals surface area contributed by atoms with E-state index in [2.05, 4.69) is 30.1 Å². The van der Waals surface area contributed by atoms with E-state index in [1.165, 1.54) is 33.7 Å². The summed E-state index contributed by atoms with van der Waals surface area (Å²) < 4.78 is 13.0. The lowest BCUT2D eigenvalue weighted by Crippen LogP contribution is -2.02. The first-order valence-electron chi connectivity index (χ1n) is 7.66. The lowest BCUT2D eigenvalue weighted by Gasteiger charge is -2.19. The van der Waals surface area contributed by atoms with Crippen molar-refractivity contribution in [3.63, 3.8) is 0 Å². The Kier molecular flexibility index (Phi) is 4.29. The van der Waals surface area contributed by atoms with Crippen LogP contribution >= 0.6 is 23.5 Å². The molecule has 0 radical (unpaired) electrons. The Hall–Kier alpha value is -1.85. The van der Waals surface area contributed by atoms with Gasteiger partial charge in [0.2, 0.25) is 0 Å². The van der Waals surface area contributed by atoms with E-state index in [0.717, 1.165) is 27.9 Å². The van der Waals surface area contributed by atoms with E-state index in [1.807, 2.05) is 18.0 Å². The highest BCUT2D eigenvalue weighted by Crippen LogP contribution is 2.41. The van der Waals surface area contributed by atoms with Gasteiger partial charge in [-0.05, 0) is 36.8 Å². The van der Waals surface area contributed by atoms with Crippen LogP contribution in [0.2, 0.25) is 0 Å². The van der Waals surface area contributed by atoms with Crippen LogP contribution in [0, 0.1) is 12.7 Å². The summed E-state index contributed by atoms with van der Waals surface area (Å²) in [7, 11) is 0. The van der Waals surface area contributed by atoms with Crippen molar-refractivity contribution in [2.75, 3.05) is 0 Å². The summed E-state index contributed by atoms with van der Waals surface area (Å²) in [5.74, 6) is 1.43. The Labute approximate surface area is 148 Å². The van der Waals surface area contributed by atoms with Crippen LogP contribution in [-0.4, -0.2) is 9.97 Å². The predicted molar refractivity (Wildman–Crippen MR) is 97.7 cm³/mol. The molecular formula is C19H15FN2S2. The Morgan fingerprint density at radius 1 is 1.17 bits per heavy atom. The van der Waals surface area contributed by atoms with Crippen LogP contribution < -0.4 is 0 Å². The number of halogens is 1. The normalized spacial score (nSPS) is 12.6. The van der Waals surface area contributed by atoms with Crippen LogP contribution in [0.3, 0.4) is 0 Å². The zero-order valence-electron chi connectivity index (χ0n) is 13.1. The maximum absolute atomic E-state index is 13.0. The Morgan fingerprint density at radius 2 is 2.00 bits per heavy atom. The molecule has 2 nitrogen and oxygen atoms in total. The summed E-state index contributed by atoms with van der Waals surface area (Å²) in [5, 5.41) is 0.762. The van der Waals surface area contributed by atoms with Crippen molar-refractivity contribution in [2.45, 2.75) is 28.5 Å². The van der Waals surface area contributed by atoms with Crippen LogP contribution in [0.4, 0.5) is 4.39 Å². The lowest BCUT2D eigenvalue weighted by molar-refractivity contribution is 0.627. The van der Waals surface area contributed by atoms with E-state index in [9.17, 15) is 4.39 Å². The number of aryl methyl sites for hydroxylation is 1. The highest BCUT2D eigenvalue weighted by atomic mass is 32.2. The summed E-state index contributed by atoms with van der Waals surface area (Å²) in [4.78, 5) is 10.6. The van der Waals surface area contributed by atoms with Crippen molar-refractivity contribution < 1.29 is 4.39 Å². The van der Waals surface area contributed by atoms with Gasteiger partial charge in [0, 0.05) is 33.7 Å². The molecule has 1 aromatic heterocycles. The van der Waals surface area contributed by atoms with Crippen molar-refractivity contribution in [1.82, 2.24) is 9.97 Å². The highest BCUT2D eigenvalue weighted by molar-refractivity contribution is 7.98. The summed E-state index contributed by atoms with van der Waals surface area (Å²) in [6.07, 6.45) is 1.94. The monoisotopic (exact) mass is 354 g/mol. The molecule has 1 aliphatic rings. The molecule has 4 rings (SSSR count). The van der Waals surface area contributed by atoms with Crippen LogP contribution in [-0.2, 0) is 11.5 Å². The Balaban J connectivity index is 1.61. The van der Waals surface area contributed by atoms with E-state index in [0.29, 0.717) is 0 Å². The minimum absolute atomic E-state index is 0.210. The fourth-order valence-corrected chi connectivity index (χ4v) is 4.41. The van der Waals surface area contributed by atoms with Gasteiger partial charge in [-0.15, -0.1) is 11.8 Å². The molecule has 0 atom stereocenters. The molecule has 0 fully saturated rings. The average Bonchev–Trinajstić information content (AvgIpc) is 2.61. The summed E-state index contributed by atoms with van der Waals surface area (Å²) in [6, 6.07) is 13.1. The second-order valence-electron chi connectivity index (χ2n) is 5.73. The first-order chi connectivity index (χ1) is 11.7. The van der Waals surface area contributed by atoms with E-state index >= 15 is 0 Å². The van der Waals surface area contributed by atoms with E-state index < -0.39 is 0 Å². The van der Waals surface area contributed by atoms with Gasteiger partial charge in [-0.1, -0.05) is 35.5 Å². The summed E-state index contributed by atoms with van der Waals surface area (Å²) in [6.45, 7) is 2.10. The topological polar surface area (TPSA) is 25.8 Å². The fraction of sp³-hybridized carbons (Fsp3) is 0.158. The molecule has 24 heavy (non-hydrogen) atoms. The Bertz CT molecular complexity index is 894. The number of thioether (sulfide) groups is 2. The van der Waals surface area contributed by atoms with Crippen LogP contribution in [0.15, 0.2) is 58.7 Å². The highest BCUT2D eigenvalue weighted by Gasteiger charge is 2.19. The van der Waals surface area contributed by atoms with Gasteiger partial charge in [0.05, 0.1) is 5.69 Å². The SMILES string of the molecule is Cc1ccc2c(c1)-c1nc(SCc3ccc(F)cc3)ncc1CS2. The second kappa shape index (κ2) is 6.57. The van der Waals surface area contributed by atoms with E-state index in [4.69, 9.17) is 4.98 Å². The molecule has 120 valence electrons. The van der Waals surface area contributed by atoms with Crippen LogP contribution in [0.1, 0.15) is 16.7 Å². The summed E-state index contributed by atoms with van der Waals surface area (Å²) >= 11 is 3.41. The van der Waals surface area contributed by atoms with Gasteiger partial charge >= 0.3 is 0 Å². The molecule has 0 saturated heterocycles. The number of nitrogens with zero attached hydrogens (tertiary/aromatic N) is 2. The molecule has 1 aliphatic heterocycles. The van der Waals surface area contributed by atoms with Gasteiger partial charge in [0.25, 0.3) is 0 Å². The molecule has 0 bridgehead atoms. The van der Waals surface area contributed by atoms with Gasteiger partial charge in [-0.25, -0.2) is 14.4 Å². The third-order valence-electron chi connectivity index (χ3n) is 3.90. The second-order valence-corrected chi connectivity index (χ2v) is 7.69. The van der Waals surface area contributed by atoms with Crippen molar-refractivity contribution >= 4 is 23.5 Å². The maximum atomic E-state index is 13.0. The molecule has 0 unspecified atom stereocenters. The van der Waals surface area contributed by atoms with Crippen molar-refractivity contribution in [3.8, 4) is 11.3 Å². The van der Waals surface area contributed by atoms with Crippen molar-refractivity contribution in [1.29, 1.82) is 0 Å². The van der Waals surface area contributed by atoms with E-state index in [1.54, 1.807) is 23.9 Å². The Morgan fingerprint density at radius 3 is 2.83 bits per heavy atom. The third kappa shape index (κ3) is 3.19. The fourth-order valence-electron chi connectivity index (χ4n) is 2.64. The minimum atomic E-state index is -0.210. The lowest BCUT2D eigenvalue weighted by atomic mass is 10.1. The molecule has 0 aliphatic carbocycles. The number of benzene rings is 2. The van der Waals surface area contributed by atoms with Gasteiger partial charge in [0.1, 0.15) is 5.82 Å². The van der Waals surface area contributed by atoms with Gasteiger partial charge in [-0.3, -0.25) is 0 Å². The van der Waals surface area contributed by atoms with Crippen molar-refractivity contribution in [2.24, 2.45) is 0 Å². The third-order valence-corrected chi connectivity index (χ3v) is 5.95. The van der Waals surface area contributed by atoms with E-state index in [-0.39, 0.29) is 5.82 Å².